The highest BCUT2D eigenvalue weighted by Crippen LogP contribution is 2.21. The molecule has 1 aromatic heterocycles. The first kappa shape index (κ1) is 20.3. The van der Waals surface area contributed by atoms with E-state index in [-0.39, 0.29) is 30.8 Å². The summed E-state index contributed by atoms with van der Waals surface area (Å²) in [7, 11) is 3.15. The number of aryl methyl sites for hydroxylation is 1. The maximum Gasteiger partial charge on any atom is 0.306 e. The number of benzene rings is 2. The van der Waals surface area contributed by atoms with Gasteiger partial charge in [0.05, 0.1) is 24.4 Å². The van der Waals surface area contributed by atoms with E-state index in [0.29, 0.717) is 33.6 Å². The normalized spacial score (nSPS) is 10.7. The van der Waals surface area contributed by atoms with E-state index in [9.17, 15) is 14.4 Å². The summed E-state index contributed by atoms with van der Waals surface area (Å²) < 4.78 is 12.1. The lowest BCUT2D eigenvalue weighted by atomic mass is 10.1. The topological polar surface area (TPSA) is 87.5 Å². The minimum Gasteiger partial charge on any atom is -0.496 e. The quantitative estimate of drug-likeness (QED) is 0.452. The lowest BCUT2D eigenvalue weighted by Crippen LogP contribution is -2.23. The summed E-state index contributed by atoms with van der Waals surface area (Å²) in [5.74, 6) is 0.550. The summed E-state index contributed by atoms with van der Waals surface area (Å²) in [6, 6.07) is 12.1. The molecule has 0 aliphatic heterocycles. The molecule has 0 amide bonds. The van der Waals surface area contributed by atoms with E-state index < -0.39 is 5.97 Å². The van der Waals surface area contributed by atoms with Gasteiger partial charge in [-0.1, -0.05) is 12.1 Å². The van der Waals surface area contributed by atoms with Crippen LogP contribution in [0, 0.1) is 0 Å². The maximum atomic E-state index is 12.4. The van der Waals surface area contributed by atoms with Crippen molar-refractivity contribution in [3.8, 4) is 5.75 Å². The first-order chi connectivity index (χ1) is 13.9. The van der Waals surface area contributed by atoms with Gasteiger partial charge in [0.15, 0.2) is 5.78 Å². The number of esters is 1. The summed E-state index contributed by atoms with van der Waals surface area (Å²) in [6.45, 7) is 1.46. The van der Waals surface area contributed by atoms with Crippen LogP contribution in [-0.4, -0.2) is 28.4 Å². The molecule has 1 heterocycles. The van der Waals surface area contributed by atoms with E-state index in [2.05, 4.69) is 4.98 Å². The van der Waals surface area contributed by atoms with Crippen molar-refractivity contribution in [3.63, 3.8) is 0 Å². The number of rotatable bonds is 7. The molecular weight excluding hydrogens is 372 g/mol. The number of aromatic nitrogens is 2. The van der Waals surface area contributed by atoms with Crippen molar-refractivity contribution < 1.29 is 19.1 Å². The highest BCUT2D eigenvalue weighted by molar-refractivity contribution is 5.94. The molecule has 0 saturated heterocycles. The number of ketones is 1. The highest BCUT2D eigenvalue weighted by Gasteiger charge is 2.13. The van der Waals surface area contributed by atoms with Crippen LogP contribution in [0.2, 0.25) is 0 Å². The molecule has 0 bridgehead atoms. The predicted molar refractivity (Wildman–Crippen MR) is 108 cm³/mol. The van der Waals surface area contributed by atoms with Crippen molar-refractivity contribution in [2.24, 2.45) is 7.05 Å². The van der Waals surface area contributed by atoms with E-state index in [1.54, 1.807) is 43.4 Å². The molecular formula is C22H22N2O5. The third kappa shape index (κ3) is 4.51. The Morgan fingerprint density at radius 3 is 2.62 bits per heavy atom. The molecule has 0 saturated carbocycles. The monoisotopic (exact) mass is 394 g/mol. The van der Waals surface area contributed by atoms with Gasteiger partial charge in [-0.15, -0.1) is 0 Å². The third-order valence-electron chi connectivity index (χ3n) is 4.70. The number of Topliss-reactive ketones (excluding diaryl/α,β-unsaturated/α-hetero) is 1. The van der Waals surface area contributed by atoms with E-state index >= 15 is 0 Å². The molecule has 2 aromatic carbocycles. The van der Waals surface area contributed by atoms with Crippen molar-refractivity contribution in [1.29, 1.82) is 0 Å². The maximum absolute atomic E-state index is 12.4. The summed E-state index contributed by atoms with van der Waals surface area (Å²) in [4.78, 5) is 40.7. The van der Waals surface area contributed by atoms with E-state index in [1.807, 2.05) is 6.07 Å². The van der Waals surface area contributed by atoms with Crippen LogP contribution in [0.1, 0.15) is 35.1 Å². The number of hydrogen-bond acceptors (Lipinski definition) is 6. The molecule has 0 aliphatic rings. The van der Waals surface area contributed by atoms with E-state index in [0.717, 1.165) is 0 Å². The molecule has 7 heteroatoms. The third-order valence-corrected chi connectivity index (χ3v) is 4.70. The highest BCUT2D eigenvalue weighted by atomic mass is 16.5. The Balaban J connectivity index is 1.68. The second-order valence-electron chi connectivity index (χ2n) is 6.65. The number of para-hydroxylation sites is 1. The minimum absolute atomic E-state index is 0.00674. The molecule has 0 atom stereocenters. The molecule has 0 radical (unpaired) electrons. The van der Waals surface area contributed by atoms with Gasteiger partial charge in [-0.25, -0.2) is 4.98 Å². The van der Waals surface area contributed by atoms with Crippen LogP contribution < -0.4 is 10.3 Å². The number of carbonyl (C=O) groups excluding carboxylic acids is 2. The first-order valence-electron chi connectivity index (χ1n) is 9.19. The SMILES string of the molecule is COc1ccc(C(C)=O)cc1COC(=O)CCc1nc2ccccc2c(=O)n1C. The Labute approximate surface area is 167 Å². The van der Waals surface area contributed by atoms with Crippen molar-refractivity contribution in [1.82, 2.24) is 9.55 Å². The molecule has 0 spiro atoms. The number of hydrogen-bond donors (Lipinski definition) is 0. The van der Waals surface area contributed by atoms with Crippen LogP contribution in [-0.2, 0) is 29.6 Å². The molecule has 0 fully saturated rings. The molecule has 0 N–H and O–H groups in total. The van der Waals surface area contributed by atoms with Gasteiger partial charge in [-0.3, -0.25) is 19.0 Å². The fourth-order valence-electron chi connectivity index (χ4n) is 3.04. The first-order valence-corrected chi connectivity index (χ1v) is 9.19. The summed E-state index contributed by atoms with van der Waals surface area (Å²) >= 11 is 0. The van der Waals surface area contributed by atoms with Crippen LogP contribution >= 0.6 is 0 Å². The Morgan fingerprint density at radius 1 is 1.14 bits per heavy atom. The van der Waals surface area contributed by atoms with Gasteiger partial charge in [0.2, 0.25) is 0 Å². The number of fused-ring (bicyclic) bond motifs is 1. The lowest BCUT2D eigenvalue weighted by Gasteiger charge is -2.11. The Morgan fingerprint density at radius 2 is 1.90 bits per heavy atom. The van der Waals surface area contributed by atoms with Crippen molar-refractivity contribution >= 4 is 22.7 Å². The smallest absolute Gasteiger partial charge is 0.306 e. The Kier molecular flexibility index (Phi) is 6.07. The second kappa shape index (κ2) is 8.68. The molecule has 0 aliphatic carbocycles. The number of ether oxygens (including phenoxy) is 2. The Bertz CT molecular complexity index is 1130. The molecule has 7 nitrogen and oxygen atoms in total. The summed E-state index contributed by atoms with van der Waals surface area (Å²) in [5.41, 5.74) is 1.59. The van der Waals surface area contributed by atoms with Gasteiger partial charge in [0, 0.05) is 24.6 Å². The standard InChI is InChI=1S/C22H22N2O5/c1-14(25)15-8-9-19(28-3)16(12-15)13-29-21(26)11-10-20-23-18-7-5-4-6-17(18)22(27)24(20)2/h4-9,12H,10-11,13H2,1-3H3. The fourth-order valence-corrected chi connectivity index (χ4v) is 3.04. The van der Waals surface area contributed by atoms with Gasteiger partial charge in [-0.2, -0.15) is 0 Å². The van der Waals surface area contributed by atoms with Crippen LogP contribution in [0.15, 0.2) is 47.3 Å². The van der Waals surface area contributed by atoms with Gasteiger partial charge < -0.3 is 9.47 Å². The van der Waals surface area contributed by atoms with Crippen LogP contribution in [0.4, 0.5) is 0 Å². The van der Waals surface area contributed by atoms with Crippen LogP contribution in [0.25, 0.3) is 10.9 Å². The van der Waals surface area contributed by atoms with E-state index in [1.165, 1.54) is 18.6 Å². The number of nitrogens with zero attached hydrogens (tertiary/aromatic N) is 2. The van der Waals surface area contributed by atoms with E-state index in [4.69, 9.17) is 9.47 Å². The largest absolute Gasteiger partial charge is 0.496 e. The average molecular weight is 394 g/mol. The van der Waals surface area contributed by atoms with Gasteiger partial charge in [0.1, 0.15) is 18.2 Å². The predicted octanol–water partition coefficient (Wildman–Crippen LogP) is 2.82. The molecule has 3 aromatic rings. The summed E-state index contributed by atoms with van der Waals surface area (Å²) in [5, 5.41) is 0.541. The van der Waals surface area contributed by atoms with Gasteiger partial charge >= 0.3 is 5.97 Å². The fraction of sp³-hybridized carbons (Fsp3) is 0.273. The zero-order valence-corrected chi connectivity index (χ0v) is 16.6. The average Bonchev–Trinajstić information content (AvgIpc) is 2.73. The van der Waals surface area contributed by atoms with Crippen LogP contribution in [0.3, 0.4) is 0 Å². The molecule has 150 valence electrons. The second-order valence-corrected chi connectivity index (χ2v) is 6.65. The zero-order chi connectivity index (χ0) is 21.0. The zero-order valence-electron chi connectivity index (χ0n) is 16.6. The summed E-state index contributed by atoms with van der Waals surface area (Å²) in [6.07, 6.45) is 0.355. The van der Waals surface area contributed by atoms with Crippen molar-refractivity contribution in [2.75, 3.05) is 7.11 Å². The van der Waals surface area contributed by atoms with Crippen molar-refractivity contribution in [2.45, 2.75) is 26.4 Å². The Hall–Kier alpha value is -3.48. The van der Waals surface area contributed by atoms with Gasteiger partial charge in [-0.05, 0) is 37.3 Å². The molecule has 0 unspecified atom stereocenters. The number of carbonyl (C=O) groups is 2. The van der Waals surface area contributed by atoms with Crippen LogP contribution in [0.5, 0.6) is 5.75 Å². The lowest BCUT2D eigenvalue weighted by molar-refractivity contribution is -0.145. The van der Waals surface area contributed by atoms with Crippen molar-refractivity contribution in [3.05, 3.63) is 69.8 Å². The minimum atomic E-state index is -0.428. The molecule has 3 rings (SSSR count). The number of methoxy groups -OCH3 is 1. The van der Waals surface area contributed by atoms with Gasteiger partial charge in [0.25, 0.3) is 5.56 Å². The molecule has 29 heavy (non-hydrogen) atoms.